The number of nitrogen functional groups attached to an aromatic ring is 1. The molecule has 2 heterocycles. The Labute approximate surface area is 74.9 Å². The number of aliphatic hydroxyl groups excluding tert-OH is 1. The molecular weight excluding hydrogens is 170 g/mol. The number of hydrogen-bond donors (Lipinski definition) is 2. The fraction of sp³-hybridized carbons (Fsp3) is 0.250. The molecule has 0 radical (unpaired) electrons. The first kappa shape index (κ1) is 8.00. The topological polar surface area (TPSA) is 64.8 Å². The van der Waals surface area contributed by atoms with Crippen LogP contribution in [0.25, 0.3) is 5.65 Å². The van der Waals surface area contributed by atoms with Gasteiger partial charge in [0.1, 0.15) is 12.4 Å². The Kier molecular flexibility index (Phi) is 1.86. The molecule has 5 heteroatoms. The molecular formula is C8H11N3O2. The van der Waals surface area contributed by atoms with Crippen molar-refractivity contribution in [1.82, 2.24) is 9.13 Å². The molecule has 0 saturated carbocycles. The van der Waals surface area contributed by atoms with Gasteiger partial charge >= 0.3 is 0 Å². The fourth-order valence-electron chi connectivity index (χ4n) is 1.25. The molecule has 70 valence electrons. The van der Waals surface area contributed by atoms with E-state index in [0.717, 1.165) is 5.65 Å². The summed E-state index contributed by atoms with van der Waals surface area (Å²) in [7, 11) is 0. The zero-order valence-corrected chi connectivity index (χ0v) is 7.05. The smallest absolute Gasteiger partial charge is 0.154 e. The second kappa shape index (κ2) is 3.02. The van der Waals surface area contributed by atoms with E-state index in [2.05, 4.69) is 0 Å². The van der Waals surface area contributed by atoms with E-state index in [9.17, 15) is 0 Å². The highest BCUT2D eigenvalue weighted by Crippen LogP contribution is 2.11. The average molecular weight is 181 g/mol. The highest BCUT2D eigenvalue weighted by Gasteiger charge is 2.03. The van der Waals surface area contributed by atoms with Crippen LogP contribution in [0, 0.1) is 0 Å². The van der Waals surface area contributed by atoms with Gasteiger partial charge in [0.05, 0.1) is 12.8 Å². The van der Waals surface area contributed by atoms with Crippen LogP contribution in [0.2, 0.25) is 0 Å². The number of hydrogen-bond acceptors (Lipinski definition) is 3. The highest BCUT2D eigenvalue weighted by molar-refractivity contribution is 5.51. The van der Waals surface area contributed by atoms with Gasteiger partial charge in [-0.05, 0) is 12.1 Å². The monoisotopic (exact) mass is 181 g/mol. The SMILES string of the molecule is Nc1ccc2n(OCCO)ccn12. The Morgan fingerprint density at radius 1 is 1.38 bits per heavy atom. The molecule has 0 unspecified atom stereocenters. The first-order chi connectivity index (χ1) is 6.33. The lowest BCUT2D eigenvalue weighted by molar-refractivity contribution is 0.0825. The number of imidazole rings is 1. The van der Waals surface area contributed by atoms with E-state index >= 15 is 0 Å². The van der Waals surface area contributed by atoms with Gasteiger partial charge in [0.15, 0.2) is 5.65 Å². The predicted octanol–water partition coefficient (Wildman–Crippen LogP) is -0.256. The van der Waals surface area contributed by atoms with Crippen molar-refractivity contribution in [3.63, 3.8) is 0 Å². The number of aliphatic hydroxyl groups is 1. The van der Waals surface area contributed by atoms with E-state index in [1.165, 1.54) is 0 Å². The molecule has 2 aromatic rings. The van der Waals surface area contributed by atoms with E-state index in [0.29, 0.717) is 5.82 Å². The molecule has 0 aliphatic rings. The molecule has 2 rings (SSSR count). The summed E-state index contributed by atoms with van der Waals surface area (Å²) in [6.45, 7) is 0.274. The van der Waals surface area contributed by atoms with Crippen LogP contribution in [0.5, 0.6) is 0 Å². The second-order valence-corrected chi connectivity index (χ2v) is 2.67. The summed E-state index contributed by atoms with van der Waals surface area (Å²) >= 11 is 0. The van der Waals surface area contributed by atoms with Gasteiger partial charge in [0, 0.05) is 6.20 Å². The molecule has 0 fully saturated rings. The van der Waals surface area contributed by atoms with Crippen LogP contribution in [0.4, 0.5) is 5.82 Å². The van der Waals surface area contributed by atoms with E-state index < -0.39 is 0 Å². The van der Waals surface area contributed by atoms with Crippen LogP contribution >= 0.6 is 0 Å². The number of aromatic nitrogens is 2. The third kappa shape index (κ3) is 1.23. The van der Waals surface area contributed by atoms with Gasteiger partial charge in [-0.15, -0.1) is 0 Å². The van der Waals surface area contributed by atoms with E-state index in [4.69, 9.17) is 15.7 Å². The fourth-order valence-corrected chi connectivity index (χ4v) is 1.25. The molecule has 0 aliphatic carbocycles. The maximum atomic E-state index is 8.57. The minimum Gasteiger partial charge on any atom is -0.410 e. The number of nitrogens with zero attached hydrogens (tertiary/aromatic N) is 2. The lowest BCUT2D eigenvalue weighted by atomic mass is 10.6. The summed E-state index contributed by atoms with van der Waals surface area (Å²) < 4.78 is 3.38. The Morgan fingerprint density at radius 2 is 2.23 bits per heavy atom. The summed E-state index contributed by atoms with van der Waals surface area (Å²) in [5.74, 6) is 0.668. The van der Waals surface area contributed by atoms with Crippen LogP contribution in [0.1, 0.15) is 0 Å². The van der Waals surface area contributed by atoms with Crippen molar-refractivity contribution in [2.24, 2.45) is 0 Å². The van der Waals surface area contributed by atoms with Crippen molar-refractivity contribution in [1.29, 1.82) is 0 Å². The molecule has 0 aromatic carbocycles. The van der Waals surface area contributed by atoms with Gasteiger partial charge in [-0.1, -0.05) is 0 Å². The van der Waals surface area contributed by atoms with E-state index in [-0.39, 0.29) is 13.2 Å². The molecule has 0 spiro atoms. The first-order valence-corrected chi connectivity index (χ1v) is 4.01. The van der Waals surface area contributed by atoms with Gasteiger partial charge in [0.25, 0.3) is 0 Å². The lowest BCUT2D eigenvalue weighted by Crippen LogP contribution is -2.14. The summed E-state index contributed by atoms with van der Waals surface area (Å²) in [4.78, 5) is 5.21. The summed E-state index contributed by atoms with van der Waals surface area (Å²) in [5, 5.41) is 8.57. The molecule has 2 aromatic heterocycles. The van der Waals surface area contributed by atoms with Crippen LogP contribution in [0.15, 0.2) is 24.5 Å². The molecule has 5 nitrogen and oxygen atoms in total. The Morgan fingerprint density at radius 3 is 3.00 bits per heavy atom. The minimum atomic E-state index is 0.000527. The molecule has 3 N–H and O–H groups in total. The second-order valence-electron chi connectivity index (χ2n) is 2.67. The number of anilines is 1. The number of fused-ring (bicyclic) bond motifs is 1. The van der Waals surface area contributed by atoms with E-state index in [1.54, 1.807) is 21.4 Å². The molecule has 0 saturated heterocycles. The number of rotatable bonds is 3. The Hall–Kier alpha value is -1.62. The molecule has 0 amide bonds. The zero-order valence-electron chi connectivity index (χ0n) is 7.05. The average Bonchev–Trinajstić information content (AvgIpc) is 2.67. The van der Waals surface area contributed by atoms with Gasteiger partial charge in [-0.2, -0.15) is 4.73 Å². The van der Waals surface area contributed by atoms with Crippen molar-refractivity contribution < 1.29 is 9.94 Å². The molecule has 13 heavy (non-hydrogen) atoms. The quantitative estimate of drug-likeness (QED) is 0.686. The normalized spacial score (nSPS) is 10.8. The van der Waals surface area contributed by atoms with Crippen molar-refractivity contribution in [2.45, 2.75) is 0 Å². The third-order valence-electron chi connectivity index (χ3n) is 1.83. The van der Waals surface area contributed by atoms with Crippen LogP contribution in [-0.2, 0) is 0 Å². The van der Waals surface area contributed by atoms with Crippen molar-refractivity contribution in [3.05, 3.63) is 24.5 Å². The van der Waals surface area contributed by atoms with Crippen LogP contribution < -0.4 is 10.6 Å². The molecule has 0 aliphatic heterocycles. The van der Waals surface area contributed by atoms with E-state index in [1.807, 2.05) is 12.3 Å². The van der Waals surface area contributed by atoms with Gasteiger partial charge < -0.3 is 15.7 Å². The van der Waals surface area contributed by atoms with Gasteiger partial charge in [0.2, 0.25) is 0 Å². The summed E-state index contributed by atoms with van der Waals surface area (Å²) in [6.07, 6.45) is 3.56. The van der Waals surface area contributed by atoms with Crippen LogP contribution in [-0.4, -0.2) is 27.5 Å². The van der Waals surface area contributed by atoms with Crippen molar-refractivity contribution in [2.75, 3.05) is 18.9 Å². The standard InChI is InChI=1S/C8H11N3O2/c9-7-1-2-8-10(7)3-4-11(8)13-6-5-12/h1-4,12H,5-6,9H2. The lowest BCUT2D eigenvalue weighted by Gasteiger charge is -2.03. The molecule has 0 bridgehead atoms. The summed E-state index contributed by atoms with van der Waals surface area (Å²) in [6, 6.07) is 3.65. The third-order valence-corrected chi connectivity index (χ3v) is 1.83. The van der Waals surface area contributed by atoms with Gasteiger partial charge in [-0.3, -0.25) is 4.40 Å². The molecule has 0 atom stereocenters. The number of nitrogens with two attached hydrogens (primary N) is 1. The minimum absolute atomic E-state index is 0.000527. The van der Waals surface area contributed by atoms with Crippen molar-refractivity contribution >= 4 is 11.5 Å². The highest BCUT2D eigenvalue weighted by atomic mass is 16.7. The predicted molar refractivity (Wildman–Crippen MR) is 48.3 cm³/mol. The van der Waals surface area contributed by atoms with Gasteiger partial charge in [-0.25, -0.2) is 0 Å². The van der Waals surface area contributed by atoms with Crippen LogP contribution in [0.3, 0.4) is 0 Å². The summed E-state index contributed by atoms with van der Waals surface area (Å²) in [5.41, 5.74) is 6.52. The zero-order chi connectivity index (χ0) is 9.26. The van der Waals surface area contributed by atoms with Crippen molar-refractivity contribution in [3.8, 4) is 0 Å². The maximum Gasteiger partial charge on any atom is 0.154 e. The largest absolute Gasteiger partial charge is 0.410 e. The Balaban J connectivity index is 2.35. The maximum absolute atomic E-state index is 8.57. The Bertz CT molecular complexity index is 404. The first-order valence-electron chi connectivity index (χ1n) is 4.01.